The van der Waals surface area contributed by atoms with Crippen molar-refractivity contribution < 1.29 is 19.1 Å². The van der Waals surface area contributed by atoms with Crippen LogP contribution < -0.4 is 19.7 Å². The van der Waals surface area contributed by atoms with Crippen LogP contribution in [0.5, 0.6) is 11.5 Å². The van der Waals surface area contributed by atoms with Crippen LogP contribution in [0.4, 0.5) is 11.4 Å². The number of methoxy groups -OCH3 is 1. The van der Waals surface area contributed by atoms with Crippen LogP contribution in [0.3, 0.4) is 0 Å². The zero-order chi connectivity index (χ0) is 24.4. The molecule has 4 aromatic rings. The number of benzene rings is 2. The minimum Gasteiger partial charge on any atom is -0.494 e. The highest BCUT2D eigenvalue weighted by atomic mass is 16.5. The topological polar surface area (TPSA) is 85.2 Å². The van der Waals surface area contributed by atoms with Gasteiger partial charge in [-0.2, -0.15) is 0 Å². The van der Waals surface area contributed by atoms with Gasteiger partial charge in [0.15, 0.2) is 0 Å². The lowest BCUT2D eigenvalue weighted by atomic mass is 10.2. The van der Waals surface area contributed by atoms with E-state index >= 15 is 0 Å². The van der Waals surface area contributed by atoms with Gasteiger partial charge in [0.2, 0.25) is 5.91 Å². The first-order chi connectivity index (χ1) is 17.0. The molecule has 5 rings (SSSR count). The number of rotatable bonds is 7. The first-order valence-corrected chi connectivity index (χ1v) is 11.5. The quantitative estimate of drug-likeness (QED) is 0.426. The molecule has 1 fully saturated rings. The van der Waals surface area contributed by atoms with Crippen molar-refractivity contribution in [3.8, 4) is 11.5 Å². The van der Waals surface area contributed by atoms with Crippen LogP contribution in [0, 0.1) is 6.92 Å². The summed E-state index contributed by atoms with van der Waals surface area (Å²) in [5, 5.41) is 2.88. The van der Waals surface area contributed by atoms with E-state index in [-0.39, 0.29) is 11.8 Å². The Labute approximate surface area is 203 Å². The summed E-state index contributed by atoms with van der Waals surface area (Å²) in [7, 11) is 1.55. The maximum Gasteiger partial charge on any atom is 0.255 e. The van der Waals surface area contributed by atoms with Crippen LogP contribution in [-0.4, -0.2) is 34.9 Å². The summed E-state index contributed by atoms with van der Waals surface area (Å²) >= 11 is 0. The Hall–Kier alpha value is -4.33. The van der Waals surface area contributed by atoms with Crippen LogP contribution >= 0.6 is 0 Å². The van der Waals surface area contributed by atoms with Gasteiger partial charge in [-0.25, -0.2) is 4.98 Å². The molecule has 178 valence electrons. The van der Waals surface area contributed by atoms with E-state index in [1.165, 1.54) is 0 Å². The Bertz CT molecular complexity index is 1390. The number of aryl methyl sites for hydroxylation is 1. The summed E-state index contributed by atoms with van der Waals surface area (Å²) in [6.45, 7) is 3.03. The molecule has 8 nitrogen and oxygen atoms in total. The third-order valence-corrected chi connectivity index (χ3v) is 6.03. The SMILES string of the molecule is COc1cc(NC(=O)c2ccc(OCc3cn4cccc(C)c4n3)cc2)ccc1N1CCCC1=O. The van der Waals surface area contributed by atoms with Gasteiger partial charge in [-0.3, -0.25) is 9.59 Å². The molecule has 0 saturated carbocycles. The maximum atomic E-state index is 12.8. The van der Waals surface area contributed by atoms with E-state index in [4.69, 9.17) is 9.47 Å². The summed E-state index contributed by atoms with van der Waals surface area (Å²) in [6, 6.07) is 16.3. The Morgan fingerprint density at radius 2 is 1.97 bits per heavy atom. The van der Waals surface area contributed by atoms with Crippen molar-refractivity contribution in [1.82, 2.24) is 9.38 Å². The number of hydrogen-bond donors (Lipinski definition) is 1. The van der Waals surface area contributed by atoms with E-state index in [0.29, 0.717) is 42.3 Å². The van der Waals surface area contributed by atoms with Crippen molar-refractivity contribution in [1.29, 1.82) is 0 Å². The monoisotopic (exact) mass is 470 g/mol. The van der Waals surface area contributed by atoms with E-state index in [1.807, 2.05) is 35.9 Å². The van der Waals surface area contributed by atoms with Crippen molar-refractivity contribution in [3.63, 3.8) is 0 Å². The normalized spacial score (nSPS) is 13.3. The first-order valence-electron chi connectivity index (χ1n) is 11.5. The molecule has 1 aliphatic heterocycles. The molecule has 0 unspecified atom stereocenters. The molecule has 3 heterocycles. The smallest absolute Gasteiger partial charge is 0.255 e. The van der Waals surface area contributed by atoms with Gasteiger partial charge < -0.3 is 24.1 Å². The maximum absolute atomic E-state index is 12.8. The molecule has 2 amide bonds. The molecule has 0 bridgehead atoms. The number of imidazole rings is 1. The van der Waals surface area contributed by atoms with Crippen molar-refractivity contribution in [2.45, 2.75) is 26.4 Å². The van der Waals surface area contributed by atoms with E-state index in [2.05, 4.69) is 10.3 Å². The Kier molecular flexibility index (Phi) is 6.10. The third kappa shape index (κ3) is 4.68. The number of aromatic nitrogens is 2. The lowest BCUT2D eigenvalue weighted by molar-refractivity contribution is -0.117. The Balaban J connectivity index is 1.22. The van der Waals surface area contributed by atoms with Crippen molar-refractivity contribution in [2.75, 3.05) is 23.9 Å². The number of fused-ring (bicyclic) bond motifs is 1. The number of pyridine rings is 1. The number of nitrogens with one attached hydrogen (secondary N) is 1. The van der Waals surface area contributed by atoms with Crippen molar-refractivity contribution in [2.24, 2.45) is 0 Å². The van der Waals surface area contributed by atoms with Crippen molar-refractivity contribution >= 4 is 28.8 Å². The molecule has 2 aromatic carbocycles. The van der Waals surface area contributed by atoms with Gasteiger partial charge in [0.1, 0.15) is 23.8 Å². The first kappa shape index (κ1) is 22.5. The van der Waals surface area contributed by atoms with E-state index in [9.17, 15) is 9.59 Å². The fourth-order valence-electron chi connectivity index (χ4n) is 4.22. The number of nitrogens with zero attached hydrogens (tertiary/aromatic N) is 3. The van der Waals surface area contributed by atoms with Gasteiger partial charge in [0.25, 0.3) is 5.91 Å². The molecule has 0 atom stereocenters. The number of carbonyl (C=O) groups excluding carboxylic acids is 2. The van der Waals surface area contributed by atoms with Gasteiger partial charge in [0, 0.05) is 42.7 Å². The Morgan fingerprint density at radius 3 is 2.69 bits per heavy atom. The fraction of sp³-hybridized carbons (Fsp3) is 0.222. The zero-order valence-corrected chi connectivity index (χ0v) is 19.7. The molecular weight excluding hydrogens is 444 g/mol. The minimum absolute atomic E-state index is 0.0821. The summed E-state index contributed by atoms with van der Waals surface area (Å²) in [6.07, 6.45) is 5.28. The highest BCUT2D eigenvalue weighted by molar-refractivity contribution is 6.05. The summed E-state index contributed by atoms with van der Waals surface area (Å²) < 4.78 is 13.3. The van der Waals surface area contributed by atoms with Crippen LogP contribution in [0.25, 0.3) is 5.65 Å². The van der Waals surface area contributed by atoms with E-state index in [1.54, 1.807) is 54.5 Å². The van der Waals surface area contributed by atoms with E-state index < -0.39 is 0 Å². The molecule has 0 spiro atoms. The van der Waals surface area contributed by atoms with Gasteiger partial charge in [-0.05, 0) is 61.4 Å². The average molecular weight is 471 g/mol. The van der Waals surface area contributed by atoms with Gasteiger partial charge >= 0.3 is 0 Å². The molecule has 35 heavy (non-hydrogen) atoms. The highest BCUT2D eigenvalue weighted by Gasteiger charge is 2.24. The average Bonchev–Trinajstić information content (AvgIpc) is 3.49. The number of amides is 2. The second-order valence-corrected chi connectivity index (χ2v) is 8.46. The molecule has 0 radical (unpaired) electrons. The third-order valence-electron chi connectivity index (χ3n) is 6.03. The molecule has 0 aliphatic carbocycles. The fourth-order valence-corrected chi connectivity index (χ4v) is 4.22. The number of ether oxygens (including phenoxy) is 2. The lowest BCUT2D eigenvalue weighted by Crippen LogP contribution is -2.24. The van der Waals surface area contributed by atoms with Crippen LogP contribution in [-0.2, 0) is 11.4 Å². The molecule has 2 aromatic heterocycles. The van der Waals surface area contributed by atoms with Crippen LogP contribution in [0.1, 0.15) is 34.5 Å². The van der Waals surface area contributed by atoms with Crippen molar-refractivity contribution in [3.05, 3.63) is 83.8 Å². The van der Waals surface area contributed by atoms with Gasteiger partial charge in [-0.1, -0.05) is 6.07 Å². The predicted octanol–water partition coefficient (Wildman–Crippen LogP) is 4.61. The molecule has 1 N–H and O–H groups in total. The van der Waals surface area contributed by atoms with Crippen LogP contribution in [0.15, 0.2) is 67.0 Å². The van der Waals surface area contributed by atoms with E-state index in [0.717, 1.165) is 29.0 Å². The zero-order valence-electron chi connectivity index (χ0n) is 19.7. The highest BCUT2D eigenvalue weighted by Crippen LogP contribution is 2.34. The summed E-state index contributed by atoms with van der Waals surface area (Å²) in [5.41, 5.74) is 4.65. The second-order valence-electron chi connectivity index (χ2n) is 8.46. The van der Waals surface area contributed by atoms with Crippen LogP contribution in [0.2, 0.25) is 0 Å². The lowest BCUT2D eigenvalue weighted by Gasteiger charge is -2.19. The predicted molar refractivity (Wildman–Crippen MR) is 133 cm³/mol. The second kappa shape index (κ2) is 9.50. The summed E-state index contributed by atoms with van der Waals surface area (Å²) in [4.78, 5) is 31.2. The minimum atomic E-state index is -0.251. The molecule has 1 saturated heterocycles. The number of carbonyl (C=O) groups is 2. The molecule has 1 aliphatic rings. The number of hydrogen-bond acceptors (Lipinski definition) is 5. The Morgan fingerprint density at radius 1 is 1.14 bits per heavy atom. The standard InChI is InChI=1S/C27H26N4O4/c1-18-5-3-13-30-16-21(28-26(18)30)17-35-22-10-7-19(8-11-22)27(33)29-20-9-12-23(24(15-20)34-2)31-14-4-6-25(31)32/h3,5,7-13,15-16H,4,6,14,17H2,1-2H3,(H,29,33). The molecular formula is C27H26N4O4. The number of anilines is 2. The van der Waals surface area contributed by atoms with Gasteiger partial charge in [0.05, 0.1) is 18.5 Å². The summed E-state index contributed by atoms with van der Waals surface area (Å²) in [5.74, 6) is 1.03. The molecule has 8 heteroatoms. The largest absolute Gasteiger partial charge is 0.494 e. The van der Waals surface area contributed by atoms with Gasteiger partial charge in [-0.15, -0.1) is 0 Å².